The number of piperidine rings is 1. The number of carbonyl (C=O) groups excluding carboxylic acids is 1. The first-order valence-corrected chi connectivity index (χ1v) is 5.85. The van der Waals surface area contributed by atoms with Crippen LogP contribution in [0.15, 0.2) is 23.1 Å². The van der Waals surface area contributed by atoms with Gasteiger partial charge in [-0.2, -0.15) is 0 Å². The van der Waals surface area contributed by atoms with Gasteiger partial charge < -0.3 is 15.2 Å². The minimum Gasteiger partial charge on any atom is -0.348 e. The van der Waals surface area contributed by atoms with Gasteiger partial charge in [0.25, 0.3) is 11.5 Å². The Morgan fingerprint density at radius 2 is 2.41 bits per heavy atom. The van der Waals surface area contributed by atoms with E-state index in [0.717, 1.165) is 25.9 Å². The summed E-state index contributed by atoms with van der Waals surface area (Å²) < 4.78 is 1.44. The molecule has 1 fully saturated rings. The van der Waals surface area contributed by atoms with Crippen molar-refractivity contribution in [2.45, 2.75) is 18.9 Å². The van der Waals surface area contributed by atoms with Gasteiger partial charge in [-0.1, -0.05) is 0 Å². The topological polar surface area (TPSA) is 63.1 Å². The van der Waals surface area contributed by atoms with Crippen molar-refractivity contribution in [2.75, 3.05) is 13.1 Å². The summed E-state index contributed by atoms with van der Waals surface area (Å²) in [6.45, 7) is 1.81. The highest BCUT2D eigenvalue weighted by Gasteiger charge is 2.16. The molecule has 0 aromatic carbocycles. The molecule has 1 atom stereocenters. The molecule has 92 valence electrons. The molecule has 1 saturated heterocycles. The van der Waals surface area contributed by atoms with Crippen molar-refractivity contribution in [3.8, 4) is 0 Å². The molecular weight excluding hydrogens is 218 g/mol. The van der Waals surface area contributed by atoms with Gasteiger partial charge in [0.1, 0.15) is 0 Å². The number of hydrogen-bond donors (Lipinski definition) is 2. The minimum absolute atomic E-state index is 0.167. The largest absolute Gasteiger partial charge is 0.348 e. The van der Waals surface area contributed by atoms with Gasteiger partial charge in [-0.05, 0) is 25.5 Å². The monoisotopic (exact) mass is 235 g/mol. The van der Waals surface area contributed by atoms with Gasteiger partial charge in [0.2, 0.25) is 0 Å². The van der Waals surface area contributed by atoms with E-state index in [-0.39, 0.29) is 17.5 Å². The Labute approximate surface area is 99.8 Å². The first kappa shape index (κ1) is 11.9. The summed E-state index contributed by atoms with van der Waals surface area (Å²) in [5.41, 5.74) is 0.262. The molecule has 1 aromatic rings. The number of rotatable bonds is 2. The third-order valence-corrected chi connectivity index (χ3v) is 3.00. The van der Waals surface area contributed by atoms with Gasteiger partial charge in [-0.25, -0.2) is 0 Å². The Kier molecular flexibility index (Phi) is 3.58. The summed E-state index contributed by atoms with van der Waals surface area (Å²) in [6, 6.07) is 3.19. The molecule has 5 heteroatoms. The van der Waals surface area contributed by atoms with E-state index in [1.165, 1.54) is 10.6 Å². The predicted octanol–water partition coefficient (Wildman–Crippen LogP) is -0.133. The zero-order valence-electron chi connectivity index (χ0n) is 9.90. The second-order valence-electron chi connectivity index (χ2n) is 4.38. The summed E-state index contributed by atoms with van der Waals surface area (Å²) in [4.78, 5) is 23.3. The van der Waals surface area contributed by atoms with Crippen LogP contribution in [0.2, 0.25) is 0 Å². The summed E-state index contributed by atoms with van der Waals surface area (Å²) in [5, 5.41) is 6.16. The molecule has 1 aromatic heterocycles. The fraction of sp³-hybridized carbons (Fsp3) is 0.500. The molecule has 1 amide bonds. The molecule has 0 saturated carbocycles. The molecule has 5 nitrogen and oxygen atoms in total. The number of carbonyl (C=O) groups is 1. The molecule has 0 radical (unpaired) electrons. The Morgan fingerprint density at radius 3 is 3.06 bits per heavy atom. The maximum Gasteiger partial charge on any atom is 0.251 e. The number of aryl methyl sites for hydroxylation is 1. The van der Waals surface area contributed by atoms with Gasteiger partial charge in [0, 0.05) is 37.5 Å². The standard InChI is InChI=1S/C12H17N3O2/c1-15-6-4-9(7-11(15)16)12(17)14-10-3-2-5-13-8-10/h4,6-7,10,13H,2-3,5,8H2,1H3,(H,14,17)/t10-/m1/s1. The van der Waals surface area contributed by atoms with Crippen LogP contribution in [0.25, 0.3) is 0 Å². The third-order valence-electron chi connectivity index (χ3n) is 3.00. The van der Waals surface area contributed by atoms with Crippen LogP contribution in [0.3, 0.4) is 0 Å². The van der Waals surface area contributed by atoms with Gasteiger partial charge in [-0.15, -0.1) is 0 Å². The summed E-state index contributed by atoms with van der Waals surface area (Å²) in [7, 11) is 1.66. The van der Waals surface area contributed by atoms with Gasteiger partial charge in [0.05, 0.1) is 0 Å². The highest BCUT2D eigenvalue weighted by atomic mass is 16.2. The SMILES string of the molecule is Cn1ccc(C(=O)N[C@@H]2CCCNC2)cc1=O. The molecule has 2 rings (SSSR count). The van der Waals surface area contributed by atoms with E-state index < -0.39 is 0 Å². The van der Waals surface area contributed by atoms with E-state index in [0.29, 0.717) is 5.56 Å². The fourth-order valence-corrected chi connectivity index (χ4v) is 1.93. The number of amides is 1. The third kappa shape index (κ3) is 2.94. The van der Waals surface area contributed by atoms with Crippen LogP contribution in [-0.4, -0.2) is 29.6 Å². The summed E-state index contributed by atoms with van der Waals surface area (Å²) >= 11 is 0. The molecular formula is C12H17N3O2. The fourth-order valence-electron chi connectivity index (χ4n) is 1.93. The van der Waals surface area contributed by atoms with Crippen LogP contribution in [0.5, 0.6) is 0 Å². The van der Waals surface area contributed by atoms with Crippen molar-refractivity contribution in [3.05, 3.63) is 34.2 Å². The molecule has 0 aliphatic carbocycles. The number of hydrogen-bond acceptors (Lipinski definition) is 3. The molecule has 0 unspecified atom stereocenters. The van der Waals surface area contributed by atoms with Crippen molar-refractivity contribution in [2.24, 2.45) is 7.05 Å². The van der Waals surface area contributed by atoms with Gasteiger partial charge in [0.15, 0.2) is 0 Å². The summed E-state index contributed by atoms with van der Waals surface area (Å²) in [6.07, 6.45) is 3.67. The van der Waals surface area contributed by atoms with E-state index in [2.05, 4.69) is 10.6 Å². The maximum atomic E-state index is 11.9. The van der Waals surface area contributed by atoms with Crippen LogP contribution in [-0.2, 0) is 7.05 Å². The Balaban J connectivity index is 2.03. The van der Waals surface area contributed by atoms with Crippen molar-refractivity contribution in [1.29, 1.82) is 0 Å². The zero-order chi connectivity index (χ0) is 12.3. The van der Waals surface area contributed by atoms with Crippen LogP contribution in [0, 0.1) is 0 Å². The van der Waals surface area contributed by atoms with Crippen LogP contribution >= 0.6 is 0 Å². The second kappa shape index (κ2) is 5.14. The quantitative estimate of drug-likeness (QED) is 0.750. The first-order valence-electron chi connectivity index (χ1n) is 5.85. The minimum atomic E-state index is -0.170. The van der Waals surface area contributed by atoms with Gasteiger partial charge in [-0.3, -0.25) is 9.59 Å². The van der Waals surface area contributed by atoms with Crippen LogP contribution in [0.1, 0.15) is 23.2 Å². The average Bonchev–Trinajstić information content (AvgIpc) is 2.34. The highest BCUT2D eigenvalue weighted by Crippen LogP contribution is 2.03. The highest BCUT2D eigenvalue weighted by molar-refractivity contribution is 5.94. The van der Waals surface area contributed by atoms with E-state index in [4.69, 9.17) is 0 Å². The molecule has 1 aliphatic rings. The number of nitrogens with one attached hydrogen (secondary N) is 2. The normalized spacial score (nSPS) is 19.9. The lowest BCUT2D eigenvalue weighted by molar-refractivity contribution is 0.0930. The lowest BCUT2D eigenvalue weighted by Crippen LogP contribution is -2.45. The first-order chi connectivity index (χ1) is 8.16. The Hall–Kier alpha value is -1.62. The maximum absolute atomic E-state index is 11.9. The smallest absolute Gasteiger partial charge is 0.251 e. The number of aromatic nitrogens is 1. The van der Waals surface area contributed by atoms with Crippen LogP contribution < -0.4 is 16.2 Å². The predicted molar refractivity (Wildman–Crippen MR) is 65.0 cm³/mol. The van der Waals surface area contributed by atoms with E-state index in [1.54, 1.807) is 19.3 Å². The van der Waals surface area contributed by atoms with Crippen molar-refractivity contribution >= 4 is 5.91 Å². The number of nitrogens with zero attached hydrogens (tertiary/aromatic N) is 1. The number of pyridine rings is 1. The van der Waals surface area contributed by atoms with E-state index >= 15 is 0 Å². The van der Waals surface area contributed by atoms with Crippen molar-refractivity contribution in [1.82, 2.24) is 15.2 Å². The lowest BCUT2D eigenvalue weighted by Gasteiger charge is -2.23. The van der Waals surface area contributed by atoms with Crippen LogP contribution in [0.4, 0.5) is 0 Å². The second-order valence-corrected chi connectivity index (χ2v) is 4.38. The Bertz CT molecular complexity index is 461. The Morgan fingerprint density at radius 1 is 1.59 bits per heavy atom. The average molecular weight is 235 g/mol. The van der Waals surface area contributed by atoms with Crippen molar-refractivity contribution < 1.29 is 4.79 Å². The molecule has 17 heavy (non-hydrogen) atoms. The lowest BCUT2D eigenvalue weighted by atomic mass is 10.1. The summed E-state index contributed by atoms with van der Waals surface area (Å²) in [5.74, 6) is -0.170. The van der Waals surface area contributed by atoms with Crippen molar-refractivity contribution in [3.63, 3.8) is 0 Å². The van der Waals surface area contributed by atoms with Gasteiger partial charge >= 0.3 is 0 Å². The molecule has 0 spiro atoms. The zero-order valence-corrected chi connectivity index (χ0v) is 9.90. The molecule has 1 aliphatic heterocycles. The van der Waals surface area contributed by atoms with E-state index in [9.17, 15) is 9.59 Å². The molecule has 2 heterocycles. The molecule has 0 bridgehead atoms. The van der Waals surface area contributed by atoms with E-state index in [1.807, 2.05) is 0 Å². The molecule has 2 N–H and O–H groups in total.